The predicted molar refractivity (Wildman–Crippen MR) is 92.6 cm³/mol. The lowest BCUT2D eigenvalue weighted by Gasteiger charge is -2.42. The second kappa shape index (κ2) is 5.27. The number of hydrogen-bond donors (Lipinski definition) is 2. The summed E-state index contributed by atoms with van der Waals surface area (Å²) in [4.78, 5) is 2.22. The van der Waals surface area contributed by atoms with Gasteiger partial charge in [-0.15, -0.1) is 0 Å². The number of phenols is 2. The molecule has 2 heterocycles. The molecule has 0 aromatic heterocycles. The lowest BCUT2D eigenvalue weighted by molar-refractivity contribution is 0.151. The van der Waals surface area contributed by atoms with Gasteiger partial charge in [-0.05, 0) is 18.4 Å². The molecule has 1 unspecified atom stereocenters. The van der Waals surface area contributed by atoms with Gasteiger partial charge < -0.3 is 19.7 Å². The Kier molecular flexibility index (Phi) is 3.19. The van der Waals surface area contributed by atoms with Crippen LogP contribution in [0.1, 0.15) is 39.4 Å². The van der Waals surface area contributed by atoms with Crippen LogP contribution in [0.3, 0.4) is 0 Å². The van der Waals surface area contributed by atoms with Crippen molar-refractivity contribution < 1.29 is 24.1 Å². The van der Waals surface area contributed by atoms with Gasteiger partial charge in [0.1, 0.15) is 17.3 Å². The van der Waals surface area contributed by atoms with E-state index in [0.29, 0.717) is 48.6 Å². The van der Waals surface area contributed by atoms with Gasteiger partial charge in [-0.1, -0.05) is 0 Å². The molecule has 1 aliphatic carbocycles. The molecule has 0 saturated carbocycles. The van der Waals surface area contributed by atoms with E-state index in [2.05, 4.69) is 4.90 Å². The molecule has 1 atom stereocenters. The summed E-state index contributed by atoms with van der Waals surface area (Å²) >= 11 is 0. The van der Waals surface area contributed by atoms with E-state index in [1.165, 1.54) is 13.2 Å². The van der Waals surface area contributed by atoms with Crippen molar-refractivity contribution in [1.29, 1.82) is 0 Å². The fourth-order valence-electron chi connectivity index (χ4n) is 4.68. The van der Waals surface area contributed by atoms with Gasteiger partial charge in [0.05, 0.1) is 14.2 Å². The minimum absolute atomic E-state index is 0.143. The number of aromatic hydroxyl groups is 2. The second-order valence-electron chi connectivity index (χ2n) is 7.21. The highest BCUT2D eigenvalue weighted by atomic mass is 19.1. The normalized spacial score (nSPS) is 19.9. The first kappa shape index (κ1) is 15.8. The van der Waals surface area contributed by atoms with Crippen LogP contribution in [0, 0.1) is 5.82 Å². The van der Waals surface area contributed by atoms with E-state index >= 15 is 0 Å². The van der Waals surface area contributed by atoms with Crippen molar-refractivity contribution in [2.24, 2.45) is 0 Å². The monoisotopic (exact) mass is 357 g/mol. The summed E-state index contributed by atoms with van der Waals surface area (Å²) < 4.78 is 25.6. The average Bonchev–Trinajstić information content (AvgIpc) is 3.45. The fraction of sp³-hybridized carbons (Fsp3) is 0.400. The number of benzene rings is 2. The van der Waals surface area contributed by atoms with Gasteiger partial charge in [0, 0.05) is 59.4 Å². The van der Waals surface area contributed by atoms with Crippen molar-refractivity contribution in [2.45, 2.75) is 31.8 Å². The maximum absolute atomic E-state index is 14.8. The van der Waals surface area contributed by atoms with E-state index < -0.39 is 0 Å². The minimum Gasteiger partial charge on any atom is -0.507 e. The van der Waals surface area contributed by atoms with E-state index in [1.54, 1.807) is 7.11 Å². The Morgan fingerprint density at radius 2 is 1.81 bits per heavy atom. The Bertz CT molecular complexity index is 956. The fourth-order valence-corrected chi connectivity index (χ4v) is 4.68. The number of rotatable bonds is 2. The van der Waals surface area contributed by atoms with E-state index in [4.69, 9.17) is 9.47 Å². The molecule has 6 heteroatoms. The number of methoxy groups -OCH3 is 2. The van der Waals surface area contributed by atoms with Crippen molar-refractivity contribution in [3.63, 3.8) is 0 Å². The molecule has 3 aliphatic rings. The molecule has 5 rings (SSSR count). The molecule has 2 N–H and O–H groups in total. The van der Waals surface area contributed by atoms with E-state index in [-0.39, 0.29) is 17.6 Å². The molecule has 2 aliphatic heterocycles. The Morgan fingerprint density at radius 3 is 2.54 bits per heavy atom. The molecule has 26 heavy (non-hydrogen) atoms. The largest absolute Gasteiger partial charge is 0.507 e. The van der Waals surface area contributed by atoms with Gasteiger partial charge in [0.25, 0.3) is 0 Å². The van der Waals surface area contributed by atoms with E-state index in [9.17, 15) is 14.6 Å². The summed E-state index contributed by atoms with van der Waals surface area (Å²) in [5.74, 6) is 1.25. The van der Waals surface area contributed by atoms with Crippen molar-refractivity contribution in [1.82, 2.24) is 4.90 Å². The SMILES string of the molecule is COc1cc(F)c2c(c1OC)CN1CCc3c(O)c4c(c(O)c3C1C2)C4. The highest BCUT2D eigenvalue weighted by Gasteiger charge is 2.42. The predicted octanol–water partition coefficient (Wildman–Crippen LogP) is 2.81. The van der Waals surface area contributed by atoms with E-state index in [0.717, 1.165) is 34.4 Å². The first-order chi connectivity index (χ1) is 12.5. The number of hydrogen-bond acceptors (Lipinski definition) is 5. The number of phenolic OH excluding ortho intramolecular Hbond substituents is 2. The topological polar surface area (TPSA) is 62.2 Å². The third-order valence-electron chi connectivity index (χ3n) is 6.04. The molecular weight excluding hydrogens is 337 g/mol. The third kappa shape index (κ3) is 1.93. The number of ether oxygens (including phenoxy) is 2. The maximum Gasteiger partial charge on any atom is 0.165 e. The molecule has 0 radical (unpaired) electrons. The zero-order valence-electron chi connectivity index (χ0n) is 14.7. The molecule has 0 saturated heterocycles. The number of halogens is 1. The van der Waals surface area contributed by atoms with Crippen LogP contribution in [-0.2, 0) is 25.8 Å². The molecule has 0 spiro atoms. The molecule has 5 nitrogen and oxygen atoms in total. The van der Waals surface area contributed by atoms with Gasteiger partial charge in [0.15, 0.2) is 11.5 Å². The lowest BCUT2D eigenvalue weighted by Crippen LogP contribution is -2.40. The number of nitrogens with zero attached hydrogens (tertiary/aromatic N) is 1. The number of fused-ring (bicyclic) bond motifs is 5. The highest BCUT2D eigenvalue weighted by molar-refractivity contribution is 5.69. The van der Waals surface area contributed by atoms with Crippen LogP contribution in [0.4, 0.5) is 4.39 Å². The second-order valence-corrected chi connectivity index (χ2v) is 7.21. The van der Waals surface area contributed by atoms with Crippen molar-refractivity contribution >= 4 is 0 Å². The summed E-state index contributed by atoms with van der Waals surface area (Å²) in [6.07, 6.45) is 1.75. The average molecular weight is 357 g/mol. The zero-order valence-corrected chi connectivity index (χ0v) is 14.7. The molecule has 136 valence electrons. The van der Waals surface area contributed by atoms with Crippen LogP contribution >= 0.6 is 0 Å². The summed E-state index contributed by atoms with van der Waals surface area (Å²) in [5, 5.41) is 21.2. The summed E-state index contributed by atoms with van der Waals surface area (Å²) in [7, 11) is 3.07. The van der Waals surface area contributed by atoms with Crippen molar-refractivity contribution in [3.8, 4) is 23.0 Å². The molecule has 0 amide bonds. The minimum atomic E-state index is -0.320. The standard InChI is InChI=1S/C20H20FNO4/c1-25-16-7-14(21)10-6-15-17-9(18(23)11-5-12(11)19(17)24)3-4-22(15)8-13(10)20(16)26-2/h7,15,23-24H,3-6,8H2,1-2H3. The Balaban J connectivity index is 1.66. The van der Waals surface area contributed by atoms with Crippen LogP contribution < -0.4 is 9.47 Å². The van der Waals surface area contributed by atoms with Crippen molar-refractivity contribution in [3.05, 3.63) is 45.3 Å². The van der Waals surface area contributed by atoms with Crippen LogP contribution in [-0.4, -0.2) is 35.9 Å². The maximum atomic E-state index is 14.8. The van der Waals surface area contributed by atoms with Gasteiger partial charge in [0.2, 0.25) is 0 Å². The Hall–Kier alpha value is -2.47. The Morgan fingerprint density at radius 1 is 1.04 bits per heavy atom. The van der Waals surface area contributed by atoms with E-state index in [1.807, 2.05) is 0 Å². The molecule has 2 aromatic carbocycles. The smallest absolute Gasteiger partial charge is 0.165 e. The quantitative estimate of drug-likeness (QED) is 0.691. The summed E-state index contributed by atoms with van der Waals surface area (Å²) in [6, 6.07) is 1.22. The highest BCUT2D eigenvalue weighted by Crippen LogP contribution is 2.54. The van der Waals surface area contributed by atoms with Gasteiger partial charge in [-0.2, -0.15) is 0 Å². The van der Waals surface area contributed by atoms with Crippen LogP contribution in [0.5, 0.6) is 23.0 Å². The molecule has 2 aromatic rings. The Labute approximate surface area is 150 Å². The zero-order chi connectivity index (χ0) is 18.2. The molecular formula is C20H20FNO4. The lowest BCUT2D eigenvalue weighted by atomic mass is 9.82. The van der Waals surface area contributed by atoms with Gasteiger partial charge >= 0.3 is 0 Å². The van der Waals surface area contributed by atoms with Crippen LogP contribution in [0.25, 0.3) is 0 Å². The summed E-state index contributed by atoms with van der Waals surface area (Å²) in [6.45, 7) is 1.26. The van der Waals surface area contributed by atoms with Crippen LogP contribution in [0.2, 0.25) is 0 Å². The summed E-state index contributed by atoms with van der Waals surface area (Å²) in [5.41, 5.74) is 4.69. The molecule has 0 bridgehead atoms. The first-order valence-electron chi connectivity index (χ1n) is 8.79. The van der Waals surface area contributed by atoms with Crippen molar-refractivity contribution in [2.75, 3.05) is 20.8 Å². The first-order valence-corrected chi connectivity index (χ1v) is 8.79. The third-order valence-corrected chi connectivity index (χ3v) is 6.04. The van der Waals surface area contributed by atoms with Crippen LogP contribution in [0.15, 0.2) is 6.07 Å². The van der Waals surface area contributed by atoms with Gasteiger partial charge in [-0.25, -0.2) is 4.39 Å². The van der Waals surface area contributed by atoms with Gasteiger partial charge in [-0.3, -0.25) is 4.90 Å². The molecule has 0 fully saturated rings.